The second kappa shape index (κ2) is 9.84. The van der Waals surface area contributed by atoms with Gasteiger partial charge in [-0.15, -0.1) is 10.2 Å². The SMILES string of the molecule is Cn1nnc([C@H]2O[C@@H](n3cnc4c(NC5CCCC5)nc(NCCN5CCCC5)nc43)[C@H](O)[C@@H]2O)n1. The number of rotatable bonds is 8. The zero-order valence-electron chi connectivity index (χ0n) is 20.4. The van der Waals surface area contributed by atoms with E-state index in [-0.39, 0.29) is 5.82 Å². The summed E-state index contributed by atoms with van der Waals surface area (Å²) < 4.78 is 7.68. The number of tetrazole rings is 1. The van der Waals surface area contributed by atoms with E-state index in [0.29, 0.717) is 29.0 Å². The van der Waals surface area contributed by atoms with Crippen LogP contribution in [0.1, 0.15) is 56.7 Å². The van der Waals surface area contributed by atoms with Crippen molar-refractivity contribution in [1.82, 2.24) is 44.6 Å². The molecule has 3 aromatic heterocycles. The molecule has 0 aromatic carbocycles. The van der Waals surface area contributed by atoms with Crippen molar-refractivity contribution >= 4 is 22.9 Å². The van der Waals surface area contributed by atoms with Crippen molar-refractivity contribution in [3.8, 4) is 0 Å². The van der Waals surface area contributed by atoms with Gasteiger partial charge in [-0.05, 0) is 44.0 Å². The van der Waals surface area contributed by atoms with E-state index in [2.05, 4.69) is 35.9 Å². The van der Waals surface area contributed by atoms with Crippen LogP contribution in [-0.4, -0.2) is 99.3 Å². The fraction of sp³-hybridized carbons (Fsp3) is 0.727. The van der Waals surface area contributed by atoms with Gasteiger partial charge in [0.1, 0.15) is 12.2 Å². The van der Waals surface area contributed by atoms with Crippen molar-refractivity contribution in [3.63, 3.8) is 0 Å². The van der Waals surface area contributed by atoms with Crippen LogP contribution in [0.4, 0.5) is 11.8 Å². The number of hydrogen-bond acceptors (Lipinski definition) is 12. The summed E-state index contributed by atoms with van der Waals surface area (Å²) in [5.74, 6) is 1.36. The Kier molecular flexibility index (Phi) is 6.41. The summed E-state index contributed by atoms with van der Waals surface area (Å²) in [5.41, 5.74) is 1.11. The van der Waals surface area contributed by atoms with Crippen LogP contribution in [0.25, 0.3) is 11.2 Å². The molecule has 1 saturated carbocycles. The van der Waals surface area contributed by atoms with Crippen LogP contribution in [0.2, 0.25) is 0 Å². The molecule has 3 fully saturated rings. The van der Waals surface area contributed by atoms with E-state index in [4.69, 9.17) is 14.7 Å². The monoisotopic (exact) mass is 499 g/mol. The molecule has 3 aromatic rings. The van der Waals surface area contributed by atoms with Gasteiger partial charge in [-0.25, -0.2) is 4.98 Å². The van der Waals surface area contributed by atoms with Crippen molar-refractivity contribution in [1.29, 1.82) is 0 Å². The number of hydrogen-bond donors (Lipinski definition) is 4. The Hall–Kier alpha value is -2.94. The van der Waals surface area contributed by atoms with Gasteiger partial charge in [-0.1, -0.05) is 12.8 Å². The highest BCUT2D eigenvalue weighted by Crippen LogP contribution is 2.39. The van der Waals surface area contributed by atoms with E-state index >= 15 is 0 Å². The van der Waals surface area contributed by atoms with Crippen molar-refractivity contribution in [2.75, 3.05) is 36.8 Å². The Morgan fingerprint density at radius 2 is 1.89 bits per heavy atom. The predicted molar refractivity (Wildman–Crippen MR) is 129 cm³/mol. The Morgan fingerprint density at radius 3 is 2.64 bits per heavy atom. The summed E-state index contributed by atoms with van der Waals surface area (Å²) in [5, 5.41) is 40.4. The van der Waals surface area contributed by atoms with Crippen molar-refractivity contribution in [3.05, 3.63) is 12.2 Å². The number of nitrogens with zero attached hydrogens (tertiary/aromatic N) is 9. The first-order valence-electron chi connectivity index (χ1n) is 12.8. The quantitative estimate of drug-likeness (QED) is 0.333. The summed E-state index contributed by atoms with van der Waals surface area (Å²) in [6.45, 7) is 3.91. The molecule has 0 spiro atoms. The van der Waals surface area contributed by atoms with Gasteiger partial charge in [0, 0.05) is 19.1 Å². The van der Waals surface area contributed by atoms with Crippen molar-refractivity contribution in [2.24, 2.45) is 7.05 Å². The minimum Gasteiger partial charge on any atom is -0.387 e. The molecule has 194 valence electrons. The molecule has 36 heavy (non-hydrogen) atoms. The molecular formula is C22H33N11O3. The molecule has 0 bridgehead atoms. The third kappa shape index (κ3) is 4.49. The molecule has 5 heterocycles. The van der Waals surface area contributed by atoms with Crippen LogP contribution in [-0.2, 0) is 11.8 Å². The minimum absolute atomic E-state index is 0.207. The molecule has 3 aliphatic rings. The average molecular weight is 500 g/mol. The number of aliphatic hydroxyl groups is 2. The lowest BCUT2D eigenvalue weighted by atomic mass is 10.1. The summed E-state index contributed by atoms with van der Waals surface area (Å²) in [7, 11) is 1.63. The molecular weight excluding hydrogens is 466 g/mol. The molecule has 2 aliphatic heterocycles. The van der Waals surface area contributed by atoms with Crippen molar-refractivity contribution in [2.45, 2.75) is 69.1 Å². The highest BCUT2D eigenvalue weighted by molar-refractivity contribution is 5.84. The number of fused-ring (bicyclic) bond motifs is 1. The predicted octanol–water partition coefficient (Wildman–Crippen LogP) is 0.204. The minimum atomic E-state index is -1.23. The second-order valence-corrected chi connectivity index (χ2v) is 9.89. The highest BCUT2D eigenvalue weighted by atomic mass is 16.6. The second-order valence-electron chi connectivity index (χ2n) is 9.89. The van der Waals surface area contributed by atoms with E-state index in [1.807, 2.05) is 0 Å². The topological polar surface area (TPSA) is 164 Å². The third-order valence-electron chi connectivity index (χ3n) is 7.32. The number of ether oxygens (including phenoxy) is 1. The number of imidazole rings is 1. The van der Waals surface area contributed by atoms with E-state index in [1.54, 1.807) is 17.9 Å². The van der Waals surface area contributed by atoms with Gasteiger partial charge in [0.05, 0.1) is 13.4 Å². The first kappa shape index (κ1) is 23.5. The van der Waals surface area contributed by atoms with Crippen LogP contribution in [0.3, 0.4) is 0 Å². The first-order valence-corrected chi connectivity index (χ1v) is 12.8. The van der Waals surface area contributed by atoms with Crippen molar-refractivity contribution < 1.29 is 14.9 Å². The fourth-order valence-corrected chi connectivity index (χ4v) is 5.39. The largest absolute Gasteiger partial charge is 0.387 e. The molecule has 14 heteroatoms. The highest BCUT2D eigenvalue weighted by Gasteiger charge is 2.47. The van der Waals surface area contributed by atoms with E-state index < -0.39 is 24.5 Å². The summed E-state index contributed by atoms with van der Waals surface area (Å²) in [4.78, 5) is 17.8. The van der Waals surface area contributed by atoms with Gasteiger partial charge >= 0.3 is 0 Å². The number of aromatic nitrogens is 8. The molecule has 1 aliphatic carbocycles. The van der Waals surface area contributed by atoms with Crippen LogP contribution in [0, 0.1) is 0 Å². The van der Waals surface area contributed by atoms with Crippen LogP contribution < -0.4 is 10.6 Å². The van der Waals surface area contributed by atoms with Gasteiger partial charge in [-0.3, -0.25) is 4.57 Å². The Morgan fingerprint density at radius 1 is 1.08 bits per heavy atom. The third-order valence-corrected chi connectivity index (χ3v) is 7.32. The number of likely N-dealkylation sites (tertiary alicyclic amines) is 1. The number of anilines is 2. The zero-order valence-corrected chi connectivity index (χ0v) is 20.4. The van der Waals surface area contributed by atoms with Crippen LogP contribution in [0.15, 0.2) is 6.33 Å². The molecule has 6 rings (SSSR count). The van der Waals surface area contributed by atoms with Gasteiger partial charge in [0.15, 0.2) is 29.3 Å². The van der Waals surface area contributed by atoms with Gasteiger partial charge in [0.2, 0.25) is 11.8 Å². The maximum absolute atomic E-state index is 10.9. The fourth-order valence-electron chi connectivity index (χ4n) is 5.39. The van der Waals surface area contributed by atoms with Crippen LogP contribution >= 0.6 is 0 Å². The Bertz CT molecular complexity index is 1190. The lowest BCUT2D eigenvalue weighted by molar-refractivity contribution is -0.0384. The molecule has 14 nitrogen and oxygen atoms in total. The Labute approximate surface area is 208 Å². The maximum atomic E-state index is 10.9. The van der Waals surface area contributed by atoms with E-state index in [0.717, 1.165) is 39.0 Å². The zero-order chi connectivity index (χ0) is 24.6. The number of nitrogens with one attached hydrogen (secondary N) is 2. The van der Waals surface area contributed by atoms with Gasteiger partial charge in [-0.2, -0.15) is 14.8 Å². The number of aliphatic hydroxyl groups excluding tert-OH is 2. The average Bonchev–Trinajstić information content (AvgIpc) is 3.68. The number of aryl methyl sites for hydroxylation is 1. The van der Waals surface area contributed by atoms with E-state index in [1.165, 1.54) is 30.5 Å². The molecule has 4 N–H and O–H groups in total. The summed E-state index contributed by atoms with van der Waals surface area (Å²) in [6, 6.07) is 0.341. The maximum Gasteiger partial charge on any atom is 0.226 e. The smallest absolute Gasteiger partial charge is 0.226 e. The Balaban J connectivity index is 1.29. The standard InChI is InChI=1S/C22H33N11O3/c1-31-29-19(28-30-31)17-15(34)16(35)21(36-17)33-12-24-14-18(25-13-6-2-3-7-13)26-22(27-20(14)33)23-8-11-32-9-4-5-10-32/h12-13,15-17,21,34-35H,2-11H2,1H3,(H2,23,25,26,27)/t15-,16+,17-,21+/m0/s1. The molecule has 2 saturated heterocycles. The summed E-state index contributed by atoms with van der Waals surface area (Å²) >= 11 is 0. The molecule has 0 amide bonds. The van der Waals surface area contributed by atoms with E-state index in [9.17, 15) is 10.2 Å². The normalized spacial score (nSPS) is 27.4. The van der Waals surface area contributed by atoms with Crippen LogP contribution in [0.5, 0.6) is 0 Å². The molecule has 0 unspecified atom stereocenters. The lowest BCUT2D eigenvalue weighted by Gasteiger charge is -2.18. The lowest BCUT2D eigenvalue weighted by Crippen LogP contribution is -2.29. The van der Waals surface area contributed by atoms with Gasteiger partial charge < -0.3 is 30.5 Å². The molecule has 0 radical (unpaired) electrons. The summed E-state index contributed by atoms with van der Waals surface area (Å²) in [6.07, 6.45) is 4.32. The first-order chi connectivity index (χ1) is 17.6. The molecule has 4 atom stereocenters. The van der Waals surface area contributed by atoms with Gasteiger partial charge in [0.25, 0.3) is 0 Å².